The molecule has 0 unspecified atom stereocenters. The van der Waals surface area contributed by atoms with Crippen molar-refractivity contribution in [3.63, 3.8) is 0 Å². The lowest BCUT2D eigenvalue weighted by molar-refractivity contribution is -0.142. The van der Waals surface area contributed by atoms with Crippen LogP contribution in [0.3, 0.4) is 0 Å². The Hall–Kier alpha value is -1.17. The van der Waals surface area contributed by atoms with E-state index in [1.54, 1.807) is 0 Å². The van der Waals surface area contributed by atoms with Gasteiger partial charge in [-0.2, -0.15) is 13.2 Å². The SMILES string of the molecule is NCc1cnc(C2CCCCC2)nc1C(F)(F)F. The first kappa shape index (κ1) is 13.3. The van der Waals surface area contributed by atoms with Crippen LogP contribution in [0.2, 0.25) is 0 Å². The fraction of sp³-hybridized carbons (Fsp3) is 0.667. The monoisotopic (exact) mass is 259 g/mol. The Morgan fingerprint density at radius 2 is 1.89 bits per heavy atom. The molecule has 18 heavy (non-hydrogen) atoms. The summed E-state index contributed by atoms with van der Waals surface area (Å²) in [6, 6.07) is 0. The van der Waals surface area contributed by atoms with Crippen molar-refractivity contribution in [3.05, 3.63) is 23.3 Å². The largest absolute Gasteiger partial charge is 0.433 e. The van der Waals surface area contributed by atoms with Crippen molar-refractivity contribution in [2.24, 2.45) is 5.73 Å². The van der Waals surface area contributed by atoms with Gasteiger partial charge in [-0.05, 0) is 12.8 Å². The Morgan fingerprint density at radius 3 is 2.44 bits per heavy atom. The molecule has 2 N–H and O–H groups in total. The predicted molar refractivity (Wildman–Crippen MR) is 60.8 cm³/mol. The minimum absolute atomic E-state index is 0.0398. The van der Waals surface area contributed by atoms with E-state index in [9.17, 15) is 13.2 Å². The summed E-state index contributed by atoms with van der Waals surface area (Å²) >= 11 is 0. The van der Waals surface area contributed by atoms with Gasteiger partial charge >= 0.3 is 6.18 Å². The zero-order valence-electron chi connectivity index (χ0n) is 10.0. The lowest BCUT2D eigenvalue weighted by Crippen LogP contribution is -2.18. The zero-order chi connectivity index (χ0) is 13.2. The highest BCUT2D eigenvalue weighted by molar-refractivity contribution is 5.21. The van der Waals surface area contributed by atoms with E-state index in [1.165, 1.54) is 6.20 Å². The maximum absolute atomic E-state index is 12.8. The van der Waals surface area contributed by atoms with Crippen molar-refractivity contribution in [1.82, 2.24) is 9.97 Å². The van der Waals surface area contributed by atoms with Crippen LogP contribution in [-0.4, -0.2) is 9.97 Å². The van der Waals surface area contributed by atoms with Crippen molar-refractivity contribution in [3.8, 4) is 0 Å². The molecule has 1 aliphatic rings. The topological polar surface area (TPSA) is 51.8 Å². The van der Waals surface area contributed by atoms with Crippen LogP contribution in [0, 0.1) is 0 Å². The lowest BCUT2D eigenvalue weighted by atomic mass is 9.88. The molecule has 0 aromatic carbocycles. The van der Waals surface area contributed by atoms with Crippen molar-refractivity contribution < 1.29 is 13.2 Å². The normalized spacial score (nSPS) is 18.0. The van der Waals surface area contributed by atoms with Gasteiger partial charge < -0.3 is 5.73 Å². The molecule has 0 spiro atoms. The van der Waals surface area contributed by atoms with Gasteiger partial charge in [0.1, 0.15) is 5.82 Å². The van der Waals surface area contributed by atoms with E-state index >= 15 is 0 Å². The van der Waals surface area contributed by atoms with Gasteiger partial charge in [-0.1, -0.05) is 19.3 Å². The summed E-state index contributed by atoms with van der Waals surface area (Å²) < 4.78 is 38.5. The molecule has 100 valence electrons. The smallest absolute Gasteiger partial charge is 0.326 e. The quantitative estimate of drug-likeness (QED) is 0.888. The van der Waals surface area contributed by atoms with Crippen LogP contribution < -0.4 is 5.73 Å². The highest BCUT2D eigenvalue weighted by Gasteiger charge is 2.36. The van der Waals surface area contributed by atoms with Crippen LogP contribution in [0.1, 0.15) is 55.1 Å². The summed E-state index contributed by atoms with van der Waals surface area (Å²) in [6.45, 7) is -0.195. The van der Waals surface area contributed by atoms with Gasteiger partial charge in [0.2, 0.25) is 0 Å². The Kier molecular flexibility index (Phi) is 3.85. The molecule has 0 atom stereocenters. The molecule has 0 radical (unpaired) electrons. The predicted octanol–water partition coefficient (Wildman–Crippen LogP) is 3.00. The first-order chi connectivity index (χ1) is 8.52. The molecule has 0 aliphatic heterocycles. The van der Waals surface area contributed by atoms with Crippen LogP contribution in [0.4, 0.5) is 13.2 Å². The molecule has 3 nitrogen and oxygen atoms in total. The number of aromatic nitrogens is 2. The Balaban J connectivity index is 2.33. The minimum atomic E-state index is -4.46. The van der Waals surface area contributed by atoms with E-state index in [4.69, 9.17) is 5.73 Å². The number of rotatable bonds is 2. The molecule has 6 heteroatoms. The number of hydrogen-bond donors (Lipinski definition) is 1. The van der Waals surface area contributed by atoms with Crippen molar-refractivity contribution in [2.45, 2.75) is 50.7 Å². The third-order valence-electron chi connectivity index (χ3n) is 3.34. The van der Waals surface area contributed by atoms with E-state index in [0.717, 1.165) is 32.1 Å². The van der Waals surface area contributed by atoms with Crippen molar-refractivity contribution in [2.75, 3.05) is 0 Å². The van der Waals surface area contributed by atoms with Crippen LogP contribution in [0.5, 0.6) is 0 Å². The van der Waals surface area contributed by atoms with Gasteiger partial charge in [-0.3, -0.25) is 0 Å². The van der Waals surface area contributed by atoms with Gasteiger partial charge in [0.15, 0.2) is 5.69 Å². The van der Waals surface area contributed by atoms with Gasteiger partial charge in [-0.25, -0.2) is 9.97 Å². The van der Waals surface area contributed by atoms with E-state index in [0.29, 0.717) is 5.82 Å². The van der Waals surface area contributed by atoms with Gasteiger partial charge in [-0.15, -0.1) is 0 Å². The molecule has 1 heterocycles. The molecule has 0 bridgehead atoms. The number of nitrogens with two attached hydrogens (primary N) is 1. The molecular formula is C12H16F3N3. The van der Waals surface area contributed by atoms with Crippen molar-refractivity contribution in [1.29, 1.82) is 0 Å². The van der Waals surface area contributed by atoms with Gasteiger partial charge in [0, 0.05) is 24.2 Å². The average molecular weight is 259 g/mol. The van der Waals surface area contributed by atoms with Crippen LogP contribution in [0.25, 0.3) is 0 Å². The molecule has 0 saturated heterocycles. The summed E-state index contributed by atoms with van der Waals surface area (Å²) in [5.74, 6) is 0.380. The molecule has 1 saturated carbocycles. The summed E-state index contributed by atoms with van der Waals surface area (Å²) in [5.41, 5.74) is 4.38. The molecule has 1 aromatic heterocycles. The highest BCUT2D eigenvalue weighted by atomic mass is 19.4. The second kappa shape index (κ2) is 5.22. The van der Waals surface area contributed by atoms with Crippen molar-refractivity contribution >= 4 is 0 Å². The Labute approximate surface area is 104 Å². The maximum atomic E-state index is 12.8. The molecule has 1 aromatic rings. The third-order valence-corrected chi connectivity index (χ3v) is 3.34. The fourth-order valence-electron chi connectivity index (χ4n) is 2.37. The van der Waals surface area contributed by atoms with Crippen LogP contribution in [-0.2, 0) is 12.7 Å². The molecular weight excluding hydrogens is 243 g/mol. The molecule has 1 aliphatic carbocycles. The third kappa shape index (κ3) is 2.80. The first-order valence-corrected chi connectivity index (χ1v) is 6.15. The second-order valence-electron chi connectivity index (χ2n) is 4.64. The highest BCUT2D eigenvalue weighted by Crippen LogP contribution is 2.34. The minimum Gasteiger partial charge on any atom is -0.326 e. The number of halogens is 3. The standard InChI is InChI=1S/C12H16F3N3/c13-12(14,15)10-9(6-16)7-17-11(18-10)8-4-2-1-3-5-8/h7-8H,1-6,16H2. The Bertz CT molecular complexity index is 412. The molecule has 2 rings (SSSR count). The van der Waals surface area contributed by atoms with Gasteiger partial charge in [0.05, 0.1) is 0 Å². The van der Waals surface area contributed by atoms with E-state index in [2.05, 4.69) is 9.97 Å². The summed E-state index contributed by atoms with van der Waals surface area (Å²) in [6.07, 6.45) is 1.73. The second-order valence-corrected chi connectivity index (χ2v) is 4.64. The number of hydrogen-bond acceptors (Lipinski definition) is 3. The fourth-order valence-corrected chi connectivity index (χ4v) is 2.37. The van der Waals surface area contributed by atoms with Crippen LogP contribution >= 0.6 is 0 Å². The Morgan fingerprint density at radius 1 is 1.22 bits per heavy atom. The van der Waals surface area contributed by atoms with Gasteiger partial charge in [0.25, 0.3) is 0 Å². The maximum Gasteiger partial charge on any atom is 0.433 e. The number of nitrogens with zero attached hydrogens (tertiary/aromatic N) is 2. The van der Waals surface area contributed by atoms with Crippen LogP contribution in [0.15, 0.2) is 6.20 Å². The summed E-state index contributed by atoms with van der Waals surface area (Å²) in [5, 5.41) is 0. The molecule has 1 fully saturated rings. The summed E-state index contributed by atoms with van der Waals surface area (Å²) in [7, 11) is 0. The van der Waals surface area contributed by atoms with E-state index < -0.39 is 11.9 Å². The average Bonchev–Trinajstić information content (AvgIpc) is 2.38. The first-order valence-electron chi connectivity index (χ1n) is 6.15. The summed E-state index contributed by atoms with van der Waals surface area (Å²) in [4.78, 5) is 7.78. The molecule has 0 amide bonds. The van der Waals surface area contributed by atoms with E-state index in [-0.39, 0.29) is 18.0 Å². The number of alkyl halides is 3. The zero-order valence-corrected chi connectivity index (χ0v) is 10.0. The lowest BCUT2D eigenvalue weighted by Gasteiger charge is -2.21. The van der Waals surface area contributed by atoms with E-state index in [1.807, 2.05) is 0 Å².